The van der Waals surface area contributed by atoms with Gasteiger partial charge in [0.05, 0.1) is 6.61 Å². The predicted octanol–water partition coefficient (Wildman–Crippen LogP) is 3.05. The van der Waals surface area contributed by atoms with Gasteiger partial charge in [-0.3, -0.25) is 0 Å². The number of aryl methyl sites for hydroxylation is 1. The van der Waals surface area contributed by atoms with E-state index in [1.54, 1.807) is 7.11 Å². The minimum Gasteiger partial charge on any atom is -0.494 e. The first kappa shape index (κ1) is 12.1. The first-order valence-corrected chi connectivity index (χ1v) is 5.57. The Balaban J connectivity index is 2.20. The molecule has 2 nitrogen and oxygen atoms in total. The zero-order valence-corrected chi connectivity index (χ0v) is 9.66. The van der Waals surface area contributed by atoms with Gasteiger partial charge in [-0.2, -0.15) is 0 Å². The van der Waals surface area contributed by atoms with Crippen LogP contribution in [0.2, 0.25) is 0 Å². The molecule has 0 fully saturated rings. The average Bonchev–Trinajstić information content (AvgIpc) is 2.30. The molecule has 0 aliphatic heterocycles. The number of hydrogen-bond donors (Lipinski definition) is 0. The van der Waals surface area contributed by atoms with Gasteiger partial charge in [0, 0.05) is 13.7 Å². The molecule has 0 aliphatic carbocycles. The van der Waals surface area contributed by atoms with Gasteiger partial charge in [0.15, 0.2) is 0 Å². The summed E-state index contributed by atoms with van der Waals surface area (Å²) in [6, 6.07) is 8.30. The molecule has 0 bridgehead atoms. The highest BCUT2D eigenvalue weighted by atomic mass is 16.5. The molecule has 0 heterocycles. The molecule has 0 N–H and O–H groups in total. The lowest BCUT2D eigenvalue weighted by Crippen LogP contribution is -1.99. The molecule has 0 saturated carbocycles. The molecule has 0 saturated heterocycles. The number of benzene rings is 1. The number of methoxy groups -OCH3 is 1. The van der Waals surface area contributed by atoms with Crippen LogP contribution in [0.4, 0.5) is 0 Å². The van der Waals surface area contributed by atoms with Gasteiger partial charge in [-0.25, -0.2) is 0 Å². The summed E-state index contributed by atoms with van der Waals surface area (Å²) >= 11 is 0. The maximum atomic E-state index is 5.60. The lowest BCUT2D eigenvalue weighted by molar-refractivity contribution is 0.184. The quantitative estimate of drug-likeness (QED) is 0.641. The molecule has 0 radical (unpaired) electrons. The Morgan fingerprint density at radius 3 is 2.27 bits per heavy atom. The molecule has 0 unspecified atom stereocenters. The summed E-state index contributed by atoms with van der Waals surface area (Å²) in [5.41, 5.74) is 1.35. The van der Waals surface area contributed by atoms with Crippen LogP contribution in [0.15, 0.2) is 24.3 Å². The van der Waals surface area contributed by atoms with Crippen molar-refractivity contribution in [3.8, 4) is 5.75 Å². The molecule has 0 aromatic heterocycles. The number of ether oxygens (including phenoxy) is 2. The third-order valence-corrected chi connectivity index (χ3v) is 2.34. The molecule has 0 spiro atoms. The van der Waals surface area contributed by atoms with Crippen molar-refractivity contribution in [3.05, 3.63) is 29.8 Å². The fourth-order valence-electron chi connectivity index (χ4n) is 1.36. The summed E-state index contributed by atoms with van der Waals surface area (Å²) < 4.78 is 10.6. The molecule has 1 rings (SSSR count). The normalized spacial score (nSPS) is 10.3. The second-order valence-electron chi connectivity index (χ2n) is 3.55. The Kier molecular flexibility index (Phi) is 5.86. The summed E-state index contributed by atoms with van der Waals surface area (Å²) in [6.45, 7) is 3.74. The van der Waals surface area contributed by atoms with Crippen molar-refractivity contribution in [1.29, 1.82) is 0 Å². The van der Waals surface area contributed by atoms with Gasteiger partial charge in [-0.1, -0.05) is 19.1 Å². The topological polar surface area (TPSA) is 18.5 Å². The van der Waals surface area contributed by atoms with E-state index in [1.165, 1.54) is 5.56 Å². The number of hydrogen-bond acceptors (Lipinski definition) is 2. The molecular weight excluding hydrogens is 188 g/mol. The van der Waals surface area contributed by atoms with Crippen molar-refractivity contribution >= 4 is 0 Å². The fourth-order valence-corrected chi connectivity index (χ4v) is 1.36. The van der Waals surface area contributed by atoms with E-state index in [0.717, 1.165) is 38.2 Å². The highest BCUT2D eigenvalue weighted by molar-refractivity contribution is 5.27. The minimum absolute atomic E-state index is 0.773. The van der Waals surface area contributed by atoms with Crippen LogP contribution in [0.3, 0.4) is 0 Å². The van der Waals surface area contributed by atoms with E-state index in [1.807, 2.05) is 12.1 Å². The molecule has 0 amide bonds. The molecule has 0 atom stereocenters. The molecule has 84 valence electrons. The van der Waals surface area contributed by atoms with Crippen LogP contribution in [0.1, 0.15) is 25.3 Å². The van der Waals surface area contributed by atoms with E-state index < -0.39 is 0 Å². The van der Waals surface area contributed by atoms with Crippen LogP contribution >= 0.6 is 0 Å². The summed E-state index contributed by atoms with van der Waals surface area (Å²) in [6.07, 6.45) is 3.18. The van der Waals surface area contributed by atoms with Gasteiger partial charge in [0.1, 0.15) is 5.75 Å². The zero-order valence-electron chi connectivity index (χ0n) is 9.66. The van der Waals surface area contributed by atoms with Crippen LogP contribution in [0.25, 0.3) is 0 Å². The van der Waals surface area contributed by atoms with Crippen LogP contribution in [-0.2, 0) is 11.2 Å². The zero-order chi connectivity index (χ0) is 10.9. The third kappa shape index (κ3) is 4.84. The van der Waals surface area contributed by atoms with Crippen LogP contribution in [0.5, 0.6) is 5.75 Å². The molecular formula is C13H20O2. The van der Waals surface area contributed by atoms with Crippen molar-refractivity contribution < 1.29 is 9.47 Å². The minimum atomic E-state index is 0.773. The van der Waals surface area contributed by atoms with Gasteiger partial charge < -0.3 is 9.47 Å². The Morgan fingerprint density at radius 1 is 1.00 bits per heavy atom. The third-order valence-electron chi connectivity index (χ3n) is 2.34. The van der Waals surface area contributed by atoms with Crippen molar-refractivity contribution in [2.24, 2.45) is 0 Å². The smallest absolute Gasteiger partial charge is 0.119 e. The monoisotopic (exact) mass is 208 g/mol. The highest BCUT2D eigenvalue weighted by Gasteiger charge is 1.94. The van der Waals surface area contributed by atoms with Crippen LogP contribution < -0.4 is 4.74 Å². The standard InChI is InChI=1S/C13H20O2/c1-3-12-6-8-13(9-7-12)15-11-5-4-10-14-2/h6-9H,3-5,10-11H2,1-2H3. The average molecular weight is 208 g/mol. The predicted molar refractivity (Wildman–Crippen MR) is 62.4 cm³/mol. The van der Waals surface area contributed by atoms with E-state index in [2.05, 4.69) is 19.1 Å². The largest absolute Gasteiger partial charge is 0.494 e. The van der Waals surface area contributed by atoms with Crippen LogP contribution in [-0.4, -0.2) is 20.3 Å². The van der Waals surface area contributed by atoms with E-state index in [9.17, 15) is 0 Å². The van der Waals surface area contributed by atoms with Gasteiger partial charge >= 0.3 is 0 Å². The van der Waals surface area contributed by atoms with Crippen molar-refractivity contribution in [1.82, 2.24) is 0 Å². The Morgan fingerprint density at radius 2 is 1.67 bits per heavy atom. The highest BCUT2D eigenvalue weighted by Crippen LogP contribution is 2.12. The van der Waals surface area contributed by atoms with Gasteiger partial charge in [-0.15, -0.1) is 0 Å². The molecule has 1 aromatic carbocycles. The van der Waals surface area contributed by atoms with Crippen LogP contribution in [0, 0.1) is 0 Å². The van der Waals surface area contributed by atoms with Gasteiger partial charge in [0.2, 0.25) is 0 Å². The van der Waals surface area contributed by atoms with Crippen molar-refractivity contribution in [2.45, 2.75) is 26.2 Å². The van der Waals surface area contributed by atoms with E-state index in [-0.39, 0.29) is 0 Å². The summed E-state index contributed by atoms with van der Waals surface area (Å²) in [4.78, 5) is 0. The van der Waals surface area contributed by atoms with E-state index in [0.29, 0.717) is 0 Å². The summed E-state index contributed by atoms with van der Waals surface area (Å²) in [5, 5.41) is 0. The molecule has 0 aliphatic rings. The second kappa shape index (κ2) is 7.30. The summed E-state index contributed by atoms with van der Waals surface area (Å²) in [5.74, 6) is 0.963. The molecule has 15 heavy (non-hydrogen) atoms. The van der Waals surface area contributed by atoms with Gasteiger partial charge in [-0.05, 0) is 37.0 Å². The van der Waals surface area contributed by atoms with Crippen molar-refractivity contribution in [3.63, 3.8) is 0 Å². The molecule has 1 aromatic rings. The Hall–Kier alpha value is -1.02. The maximum absolute atomic E-state index is 5.60. The SMILES string of the molecule is CCc1ccc(OCCCCOC)cc1. The van der Waals surface area contributed by atoms with Crippen molar-refractivity contribution in [2.75, 3.05) is 20.3 Å². The first-order chi connectivity index (χ1) is 7.36. The second-order valence-corrected chi connectivity index (χ2v) is 3.55. The Bertz CT molecular complexity index is 254. The number of rotatable bonds is 7. The fraction of sp³-hybridized carbons (Fsp3) is 0.538. The molecule has 2 heteroatoms. The Labute approximate surface area is 92.2 Å². The lowest BCUT2D eigenvalue weighted by Gasteiger charge is -2.06. The van der Waals surface area contributed by atoms with E-state index >= 15 is 0 Å². The van der Waals surface area contributed by atoms with E-state index in [4.69, 9.17) is 9.47 Å². The number of unbranched alkanes of at least 4 members (excludes halogenated alkanes) is 1. The lowest BCUT2D eigenvalue weighted by atomic mass is 10.2. The first-order valence-electron chi connectivity index (χ1n) is 5.57. The van der Waals surface area contributed by atoms with Gasteiger partial charge in [0.25, 0.3) is 0 Å². The maximum Gasteiger partial charge on any atom is 0.119 e. The summed E-state index contributed by atoms with van der Waals surface area (Å²) in [7, 11) is 1.73.